The van der Waals surface area contributed by atoms with Gasteiger partial charge in [0.15, 0.2) is 11.0 Å². The smallest absolute Gasteiger partial charge is 0.171 e. The molecule has 0 spiro atoms. The van der Waals surface area contributed by atoms with Crippen molar-refractivity contribution in [3.05, 3.63) is 16.5 Å². The molecule has 0 saturated carbocycles. The largest absolute Gasteiger partial charge is 0.363 e. The molecule has 0 aliphatic carbocycles. The molecule has 0 bridgehead atoms. The van der Waals surface area contributed by atoms with E-state index in [0.717, 1.165) is 24.4 Å². The Morgan fingerprint density at radius 1 is 1.16 bits per heavy atom. The Bertz CT molecular complexity index is 408. The van der Waals surface area contributed by atoms with Gasteiger partial charge in [-0.15, -0.1) is 0 Å². The van der Waals surface area contributed by atoms with Crippen LogP contribution >= 0.6 is 11.6 Å². The van der Waals surface area contributed by atoms with Crippen molar-refractivity contribution in [1.82, 2.24) is 14.9 Å². The zero-order chi connectivity index (χ0) is 14.6. The van der Waals surface area contributed by atoms with Crippen molar-refractivity contribution >= 4 is 17.4 Å². The molecule has 19 heavy (non-hydrogen) atoms. The zero-order valence-corrected chi connectivity index (χ0v) is 13.5. The lowest BCUT2D eigenvalue weighted by molar-refractivity contribution is 0.356. The molecule has 0 aliphatic rings. The summed E-state index contributed by atoms with van der Waals surface area (Å²) < 4.78 is 0. The fourth-order valence-electron chi connectivity index (χ4n) is 2.05. The SMILES string of the molecule is Cc1nc(Cl)c(NC(CC(C)C)CN(C)C)nc1C. The fraction of sp³-hybridized carbons (Fsp3) is 0.714. The Balaban J connectivity index is 2.86. The predicted molar refractivity (Wildman–Crippen MR) is 81.9 cm³/mol. The van der Waals surface area contributed by atoms with Gasteiger partial charge < -0.3 is 10.2 Å². The van der Waals surface area contributed by atoms with Gasteiger partial charge in [-0.05, 0) is 40.3 Å². The minimum absolute atomic E-state index is 0.323. The highest BCUT2D eigenvalue weighted by atomic mass is 35.5. The van der Waals surface area contributed by atoms with Crippen molar-refractivity contribution in [2.45, 2.75) is 40.2 Å². The van der Waals surface area contributed by atoms with Crippen LogP contribution in [0, 0.1) is 19.8 Å². The summed E-state index contributed by atoms with van der Waals surface area (Å²) >= 11 is 6.17. The van der Waals surface area contributed by atoms with Crippen LogP contribution < -0.4 is 5.32 Å². The van der Waals surface area contributed by atoms with Crippen LogP contribution in [0.25, 0.3) is 0 Å². The first kappa shape index (κ1) is 16.2. The molecule has 1 rings (SSSR count). The van der Waals surface area contributed by atoms with Gasteiger partial charge in [0.25, 0.3) is 0 Å². The van der Waals surface area contributed by atoms with Gasteiger partial charge in [-0.1, -0.05) is 25.4 Å². The Morgan fingerprint density at radius 2 is 1.74 bits per heavy atom. The molecule has 0 aromatic carbocycles. The third kappa shape index (κ3) is 5.33. The third-order valence-corrected chi connectivity index (χ3v) is 3.21. The van der Waals surface area contributed by atoms with E-state index in [4.69, 9.17) is 11.6 Å². The highest BCUT2D eigenvalue weighted by Crippen LogP contribution is 2.21. The van der Waals surface area contributed by atoms with Gasteiger partial charge in [0, 0.05) is 12.6 Å². The number of aromatic nitrogens is 2. The standard InChI is InChI=1S/C14H25ClN4/c1-9(2)7-12(8-19(5)6)18-14-13(15)16-10(3)11(4)17-14/h9,12H,7-8H2,1-6H3,(H,17,18). The number of hydrogen-bond acceptors (Lipinski definition) is 4. The maximum atomic E-state index is 6.17. The molecule has 1 unspecified atom stereocenters. The van der Waals surface area contributed by atoms with E-state index in [1.807, 2.05) is 13.8 Å². The van der Waals surface area contributed by atoms with Gasteiger partial charge in [0.2, 0.25) is 0 Å². The van der Waals surface area contributed by atoms with Crippen LogP contribution in [-0.4, -0.2) is 41.5 Å². The van der Waals surface area contributed by atoms with E-state index in [2.05, 4.69) is 48.1 Å². The van der Waals surface area contributed by atoms with Gasteiger partial charge in [-0.25, -0.2) is 9.97 Å². The second-order valence-corrected chi connectivity index (χ2v) is 6.12. The van der Waals surface area contributed by atoms with Crippen molar-refractivity contribution < 1.29 is 0 Å². The molecule has 1 aromatic rings. The summed E-state index contributed by atoms with van der Waals surface area (Å²) in [5.74, 6) is 1.31. The fourth-order valence-corrected chi connectivity index (χ4v) is 2.27. The number of aryl methyl sites for hydroxylation is 2. The first-order valence-corrected chi connectivity index (χ1v) is 7.09. The van der Waals surface area contributed by atoms with Crippen LogP contribution in [0.15, 0.2) is 0 Å². The highest BCUT2D eigenvalue weighted by molar-refractivity contribution is 6.31. The molecule has 1 aromatic heterocycles. The average Bonchev–Trinajstić information content (AvgIpc) is 2.23. The topological polar surface area (TPSA) is 41.1 Å². The van der Waals surface area contributed by atoms with E-state index >= 15 is 0 Å². The summed E-state index contributed by atoms with van der Waals surface area (Å²) in [6.45, 7) is 9.26. The molecule has 0 saturated heterocycles. The lowest BCUT2D eigenvalue weighted by Crippen LogP contribution is -2.34. The molecular weight excluding hydrogens is 260 g/mol. The van der Waals surface area contributed by atoms with E-state index in [1.165, 1.54) is 0 Å². The van der Waals surface area contributed by atoms with Crippen molar-refractivity contribution in [3.63, 3.8) is 0 Å². The number of likely N-dealkylation sites (N-methyl/N-ethyl adjacent to an activating group) is 1. The number of nitrogens with one attached hydrogen (secondary N) is 1. The first-order chi connectivity index (χ1) is 8.79. The first-order valence-electron chi connectivity index (χ1n) is 6.71. The average molecular weight is 285 g/mol. The molecule has 108 valence electrons. The van der Waals surface area contributed by atoms with Gasteiger partial charge in [-0.2, -0.15) is 0 Å². The number of rotatable bonds is 6. The van der Waals surface area contributed by atoms with E-state index in [-0.39, 0.29) is 0 Å². The highest BCUT2D eigenvalue weighted by Gasteiger charge is 2.15. The van der Waals surface area contributed by atoms with Gasteiger partial charge in [0.05, 0.1) is 11.4 Å². The molecule has 5 heteroatoms. The van der Waals surface area contributed by atoms with Crippen LogP contribution in [0.4, 0.5) is 5.82 Å². The van der Waals surface area contributed by atoms with E-state index in [1.54, 1.807) is 0 Å². The summed E-state index contributed by atoms with van der Waals surface area (Å²) in [5.41, 5.74) is 1.80. The minimum Gasteiger partial charge on any atom is -0.363 e. The molecular formula is C14H25ClN4. The van der Waals surface area contributed by atoms with Crippen molar-refractivity contribution in [2.24, 2.45) is 5.92 Å². The quantitative estimate of drug-likeness (QED) is 0.871. The Hall–Kier alpha value is -0.870. The summed E-state index contributed by atoms with van der Waals surface area (Å²) in [6, 6.07) is 0.323. The lowest BCUT2D eigenvalue weighted by Gasteiger charge is -2.25. The summed E-state index contributed by atoms with van der Waals surface area (Å²) in [5, 5.41) is 3.89. The van der Waals surface area contributed by atoms with Crippen LogP contribution in [0.5, 0.6) is 0 Å². The maximum Gasteiger partial charge on any atom is 0.171 e. The summed E-state index contributed by atoms with van der Waals surface area (Å²) in [4.78, 5) is 11.0. The minimum atomic E-state index is 0.323. The molecule has 1 N–H and O–H groups in total. The second kappa shape index (κ2) is 7.06. The predicted octanol–water partition coefficient (Wildman–Crippen LogP) is 3.14. The lowest BCUT2D eigenvalue weighted by atomic mass is 10.0. The Kier molecular flexibility index (Phi) is 6.01. The van der Waals surface area contributed by atoms with Gasteiger partial charge in [-0.3, -0.25) is 0 Å². The normalized spacial score (nSPS) is 13.1. The van der Waals surface area contributed by atoms with E-state index < -0.39 is 0 Å². The van der Waals surface area contributed by atoms with Crippen LogP contribution in [0.3, 0.4) is 0 Å². The zero-order valence-electron chi connectivity index (χ0n) is 12.8. The van der Waals surface area contributed by atoms with Gasteiger partial charge in [0.1, 0.15) is 0 Å². The molecule has 1 atom stereocenters. The number of halogens is 1. The van der Waals surface area contributed by atoms with Crippen molar-refractivity contribution in [3.8, 4) is 0 Å². The molecule has 1 heterocycles. The maximum absolute atomic E-state index is 6.17. The summed E-state index contributed by atoms with van der Waals surface area (Å²) in [6.07, 6.45) is 1.07. The number of hydrogen-bond donors (Lipinski definition) is 1. The second-order valence-electron chi connectivity index (χ2n) is 5.77. The van der Waals surface area contributed by atoms with E-state index in [0.29, 0.717) is 22.9 Å². The van der Waals surface area contributed by atoms with Gasteiger partial charge >= 0.3 is 0 Å². The van der Waals surface area contributed by atoms with Crippen molar-refractivity contribution in [1.29, 1.82) is 0 Å². The van der Waals surface area contributed by atoms with Crippen LogP contribution in [-0.2, 0) is 0 Å². The third-order valence-electron chi connectivity index (χ3n) is 2.95. The van der Waals surface area contributed by atoms with E-state index in [9.17, 15) is 0 Å². The number of anilines is 1. The molecule has 0 amide bonds. The monoisotopic (exact) mass is 284 g/mol. The molecule has 4 nitrogen and oxygen atoms in total. The van der Waals surface area contributed by atoms with Crippen LogP contribution in [0.2, 0.25) is 5.15 Å². The number of nitrogens with zero attached hydrogens (tertiary/aromatic N) is 3. The summed E-state index contributed by atoms with van der Waals surface area (Å²) in [7, 11) is 4.14. The molecule has 0 aliphatic heterocycles. The Labute approximate surface area is 121 Å². The van der Waals surface area contributed by atoms with Crippen molar-refractivity contribution in [2.75, 3.05) is 26.0 Å². The Morgan fingerprint density at radius 3 is 2.26 bits per heavy atom. The van der Waals surface area contributed by atoms with Crippen LogP contribution in [0.1, 0.15) is 31.7 Å². The molecule has 0 radical (unpaired) electrons. The molecule has 0 fully saturated rings.